The van der Waals surface area contributed by atoms with E-state index in [4.69, 9.17) is 0 Å². The minimum absolute atomic E-state index is 0.0560. The van der Waals surface area contributed by atoms with Gasteiger partial charge in [-0.3, -0.25) is 0 Å². The predicted octanol–water partition coefficient (Wildman–Crippen LogP) is 4.89. The zero-order valence-electron chi connectivity index (χ0n) is 11.3. The highest BCUT2D eigenvalue weighted by Gasteiger charge is 2.12. The first-order valence-corrected chi connectivity index (χ1v) is 6.40. The number of nitrogens with one attached hydrogen (secondary N) is 1. The van der Waals surface area contributed by atoms with Gasteiger partial charge in [0.15, 0.2) is 0 Å². The van der Waals surface area contributed by atoms with Gasteiger partial charge in [-0.15, -0.1) is 0 Å². The SMILES string of the molecule is C=CC(=C)C(Nc1ccccc1)c1ccc(C)cc1. The Morgan fingerprint density at radius 2 is 1.68 bits per heavy atom. The minimum Gasteiger partial charge on any atom is -0.374 e. The Morgan fingerprint density at radius 3 is 2.26 bits per heavy atom. The largest absolute Gasteiger partial charge is 0.374 e. The number of benzene rings is 2. The number of aryl methyl sites for hydroxylation is 1. The van der Waals surface area contributed by atoms with E-state index in [1.807, 2.05) is 18.2 Å². The van der Waals surface area contributed by atoms with Crippen LogP contribution >= 0.6 is 0 Å². The van der Waals surface area contributed by atoms with E-state index in [2.05, 4.69) is 61.8 Å². The second kappa shape index (κ2) is 6.05. The molecule has 1 unspecified atom stereocenters. The third-order valence-electron chi connectivity index (χ3n) is 3.13. The summed E-state index contributed by atoms with van der Waals surface area (Å²) < 4.78 is 0. The number of anilines is 1. The summed E-state index contributed by atoms with van der Waals surface area (Å²) >= 11 is 0. The van der Waals surface area contributed by atoms with Gasteiger partial charge in [-0.2, -0.15) is 0 Å². The van der Waals surface area contributed by atoms with Crippen molar-refractivity contribution in [1.29, 1.82) is 0 Å². The van der Waals surface area contributed by atoms with E-state index in [0.29, 0.717) is 0 Å². The Morgan fingerprint density at radius 1 is 1.05 bits per heavy atom. The van der Waals surface area contributed by atoms with Gasteiger partial charge in [0.25, 0.3) is 0 Å². The summed E-state index contributed by atoms with van der Waals surface area (Å²) in [6.45, 7) is 10.0. The zero-order valence-corrected chi connectivity index (χ0v) is 11.3. The Bertz CT molecular complexity index is 552. The maximum Gasteiger partial charge on any atom is 0.0761 e. The lowest BCUT2D eigenvalue weighted by molar-refractivity contribution is 0.943. The van der Waals surface area contributed by atoms with Crippen molar-refractivity contribution in [3.63, 3.8) is 0 Å². The number of hydrogen-bond donors (Lipinski definition) is 1. The Balaban J connectivity index is 2.28. The monoisotopic (exact) mass is 249 g/mol. The van der Waals surface area contributed by atoms with E-state index < -0.39 is 0 Å². The molecule has 0 saturated carbocycles. The van der Waals surface area contributed by atoms with E-state index in [0.717, 1.165) is 11.3 Å². The van der Waals surface area contributed by atoms with Gasteiger partial charge in [-0.1, -0.05) is 67.3 Å². The smallest absolute Gasteiger partial charge is 0.0761 e. The third kappa shape index (κ3) is 3.35. The molecule has 0 heterocycles. The van der Waals surface area contributed by atoms with Crippen LogP contribution in [0.5, 0.6) is 0 Å². The van der Waals surface area contributed by atoms with E-state index in [-0.39, 0.29) is 6.04 Å². The molecular formula is C18H19N. The summed E-state index contributed by atoms with van der Waals surface area (Å²) in [5.41, 5.74) is 4.49. The molecule has 0 saturated heterocycles. The maximum atomic E-state index is 4.09. The van der Waals surface area contributed by atoms with Crippen molar-refractivity contribution in [2.24, 2.45) is 0 Å². The van der Waals surface area contributed by atoms with Gasteiger partial charge in [0.2, 0.25) is 0 Å². The van der Waals surface area contributed by atoms with Crippen LogP contribution in [0.2, 0.25) is 0 Å². The number of hydrogen-bond acceptors (Lipinski definition) is 1. The van der Waals surface area contributed by atoms with Crippen molar-refractivity contribution in [3.05, 3.63) is 90.5 Å². The Hall–Kier alpha value is -2.28. The van der Waals surface area contributed by atoms with Crippen LogP contribution in [0.1, 0.15) is 17.2 Å². The van der Waals surface area contributed by atoms with Crippen molar-refractivity contribution < 1.29 is 0 Å². The van der Waals surface area contributed by atoms with Gasteiger partial charge in [0.05, 0.1) is 6.04 Å². The van der Waals surface area contributed by atoms with Gasteiger partial charge in [0.1, 0.15) is 0 Å². The van der Waals surface area contributed by atoms with E-state index in [1.165, 1.54) is 11.1 Å². The molecule has 2 aromatic carbocycles. The first-order valence-electron chi connectivity index (χ1n) is 6.40. The number of rotatable bonds is 5. The van der Waals surface area contributed by atoms with Crippen LogP contribution in [0, 0.1) is 6.92 Å². The van der Waals surface area contributed by atoms with Crippen LogP contribution in [0.3, 0.4) is 0 Å². The lowest BCUT2D eigenvalue weighted by atomic mass is 9.98. The molecule has 0 fully saturated rings. The quantitative estimate of drug-likeness (QED) is 0.744. The summed E-state index contributed by atoms with van der Waals surface area (Å²) in [5, 5.41) is 3.49. The van der Waals surface area contributed by atoms with Crippen LogP contribution in [0.4, 0.5) is 5.69 Å². The van der Waals surface area contributed by atoms with Gasteiger partial charge in [0, 0.05) is 5.69 Å². The first kappa shape index (κ1) is 13.2. The first-order chi connectivity index (χ1) is 9.20. The summed E-state index contributed by atoms with van der Waals surface area (Å²) in [7, 11) is 0. The summed E-state index contributed by atoms with van der Waals surface area (Å²) in [5.74, 6) is 0. The van der Waals surface area contributed by atoms with E-state index >= 15 is 0 Å². The van der Waals surface area contributed by atoms with Crippen LogP contribution < -0.4 is 5.32 Å². The molecule has 1 atom stereocenters. The molecule has 0 aliphatic rings. The molecule has 96 valence electrons. The molecule has 19 heavy (non-hydrogen) atoms. The molecule has 0 spiro atoms. The molecular weight excluding hydrogens is 230 g/mol. The second-order valence-corrected chi connectivity index (χ2v) is 4.63. The van der Waals surface area contributed by atoms with Crippen molar-refractivity contribution in [1.82, 2.24) is 0 Å². The summed E-state index contributed by atoms with van der Waals surface area (Å²) in [6, 6.07) is 18.7. The standard InChI is InChI=1S/C18H19N/c1-4-15(3)18(16-12-10-14(2)11-13-16)19-17-8-6-5-7-9-17/h4-13,18-19H,1,3H2,2H3. The fraction of sp³-hybridized carbons (Fsp3) is 0.111. The minimum atomic E-state index is 0.0560. The summed E-state index contributed by atoms with van der Waals surface area (Å²) in [6.07, 6.45) is 1.81. The molecule has 0 bridgehead atoms. The van der Waals surface area contributed by atoms with E-state index in [1.54, 1.807) is 6.08 Å². The Labute approximate surface area is 115 Å². The average Bonchev–Trinajstić information content (AvgIpc) is 2.46. The normalized spacial score (nSPS) is 11.6. The zero-order chi connectivity index (χ0) is 13.7. The van der Waals surface area contributed by atoms with Gasteiger partial charge in [-0.25, -0.2) is 0 Å². The van der Waals surface area contributed by atoms with E-state index in [9.17, 15) is 0 Å². The fourth-order valence-corrected chi connectivity index (χ4v) is 1.97. The fourth-order valence-electron chi connectivity index (χ4n) is 1.97. The van der Waals surface area contributed by atoms with Crippen LogP contribution in [-0.2, 0) is 0 Å². The molecule has 2 rings (SSSR count). The van der Waals surface area contributed by atoms with Crippen LogP contribution in [0.25, 0.3) is 0 Å². The predicted molar refractivity (Wildman–Crippen MR) is 83.3 cm³/mol. The highest BCUT2D eigenvalue weighted by molar-refractivity contribution is 5.49. The molecule has 0 radical (unpaired) electrons. The van der Waals surface area contributed by atoms with Crippen molar-refractivity contribution >= 4 is 5.69 Å². The molecule has 1 nitrogen and oxygen atoms in total. The highest BCUT2D eigenvalue weighted by atomic mass is 14.9. The maximum absolute atomic E-state index is 4.09. The molecule has 0 amide bonds. The molecule has 1 N–H and O–H groups in total. The second-order valence-electron chi connectivity index (χ2n) is 4.63. The topological polar surface area (TPSA) is 12.0 Å². The highest BCUT2D eigenvalue weighted by Crippen LogP contribution is 2.26. The van der Waals surface area contributed by atoms with Crippen molar-refractivity contribution in [3.8, 4) is 0 Å². The van der Waals surface area contributed by atoms with Crippen LogP contribution in [0.15, 0.2) is 79.4 Å². The summed E-state index contributed by atoms with van der Waals surface area (Å²) in [4.78, 5) is 0. The molecule has 0 aliphatic heterocycles. The Kier molecular flexibility index (Phi) is 4.19. The van der Waals surface area contributed by atoms with Gasteiger partial charge >= 0.3 is 0 Å². The van der Waals surface area contributed by atoms with Gasteiger partial charge in [-0.05, 0) is 30.2 Å². The lowest BCUT2D eigenvalue weighted by Gasteiger charge is -2.21. The van der Waals surface area contributed by atoms with Crippen molar-refractivity contribution in [2.75, 3.05) is 5.32 Å². The molecule has 1 heteroatoms. The molecule has 2 aromatic rings. The third-order valence-corrected chi connectivity index (χ3v) is 3.13. The average molecular weight is 249 g/mol. The molecule has 0 aliphatic carbocycles. The number of para-hydroxylation sites is 1. The molecule has 0 aromatic heterocycles. The lowest BCUT2D eigenvalue weighted by Crippen LogP contribution is -2.12. The van der Waals surface area contributed by atoms with Gasteiger partial charge < -0.3 is 5.32 Å². The van der Waals surface area contributed by atoms with Crippen molar-refractivity contribution in [2.45, 2.75) is 13.0 Å². The van der Waals surface area contributed by atoms with Crippen LogP contribution in [-0.4, -0.2) is 0 Å².